The average Bonchev–Trinajstić information content (AvgIpc) is 2.70. The highest BCUT2D eigenvalue weighted by atomic mass is 28.4. The van der Waals surface area contributed by atoms with E-state index in [1.807, 2.05) is 78.8 Å². The molecule has 0 atom stereocenters. The molecule has 0 heterocycles. The third kappa shape index (κ3) is 10.3. The van der Waals surface area contributed by atoms with Crippen LogP contribution in [0.3, 0.4) is 0 Å². The summed E-state index contributed by atoms with van der Waals surface area (Å²) in [5, 5.41) is 1.03. The van der Waals surface area contributed by atoms with E-state index in [0.717, 1.165) is 5.19 Å². The molecule has 0 amide bonds. The van der Waals surface area contributed by atoms with Crippen LogP contribution in [0, 0.1) is 0 Å². The third-order valence-corrected chi connectivity index (χ3v) is 9.03. The maximum Gasteiger partial charge on any atom is 0.679 e. The van der Waals surface area contributed by atoms with Gasteiger partial charge in [-0.1, -0.05) is 30.3 Å². The first-order valence-electron chi connectivity index (χ1n) is 10.6. The minimum absolute atomic E-state index is 0.548. The van der Waals surface area contributed by atoms with Crippen molar-refractivity contribution in [2.45, 2.75) is 48.5 Å². The molecule has 9 heteroatoms. The molecule has 0 fully saturated rings. The van der Waals surface area contributed by atoms with Gasteiger partial charge in [-0.15, -0.1) is 0 Å². The molecule has 170 valence electrons. The van der Waals surface area contributed by atoms with Crippen molar-refractivity contribution in [1.82, 2.24) is 0 Å². The molecule has 0 saturated heterocycles. The number of benzene rings is 1. The zero-order valence-electron chi connectivity index (χ0n) is 19.2. The molecule has 1 aromatic carbocycles. The molecule has 0 bridgehead atoms. The fourth-order valence-corrected chi connectivity index (χ4v) is 6.95. The van der Waals surface area contributed by atoms with Crippen LogP contribution in [0.5, 0.6) is 0 Å². The van der Waals surface area contributed by atoms with Gasteiger partial charge in [0.15, 0.2) is 0 Å². The Morgan fingerprint density at radius 1 is 0.483 bits per heavy atom. The molecule has 0 N–H and O–H groups in total. The molecule has 1 aromatic rings. The highest BCUT2D eigenvalue weighted by Gasteiger charge is 2.44. The maximum atomic E-state index is 5.79. The Hall–Kier alpha value is -0.626. The van der Waals surface area contributed by atoms with E-state index >= 15 is 0 Å². The Morgan fingerprint density at radius 2 is 0.793 bits per heavy atom. The van der Waals surface area contributed by atoms with E-state index in [1.165, 1.54) is 0 Å². The van der Waals surface area contributed by atoms with Gasteiger partial charge in [-0.05, 0) is 48.5 Å². The maximum absolute atomic E-state index is 5.79. The molecule has 0 radical (unpaired) electrons. The Morgan fingerprint density at radius 3 is 1.07 bits per heavy atom. The summed E-state index contributed by atoms with van der Waals surface area (Å²) in [7, 11) is -5.47. The van der Waals surface area contributed by atoms with Crippen molar-refractivity contribution >= 4 is 23.0 Å². The molecule has 7 nitrogen and oxygen atoms in total. The largest absolute Gasteiger partial charge is 0.679 e. The molecule has 0 aliphatic heterocycles. The second-order valence-corrected chi connectivity index (χ2v) is 10.2. The highest BCUT2D eigenvalue weighted by Crippen LogP contribution is 2.12. The minimum atomic E-state index is -2.80. The Bertz CT molecular complexity index is 444. The zero-order valence-corrected chi connectivity index (χ0v) is 21.2. The van der Waals surface area contributed by atoms with Gasteiger partial charge in [-0.25, -0.2) is 0 Å². The predicted octanol–water partition coefficient (Wildman–Crippen LogP) is 3.51. The summed E-state index contributed by atoms with van der Waals surface area (Å²) in [6.45, 7) is 17.5. The van der Waals surface area contributed by atoms with Gasteiger partial charge in [0.2, 0.25) is 0 Å². The van der Waals surface area contributed by atoms with Crippen LogP contribution >= 0.6 is 0 Å². The molecule has 0 unspecified atom stereocenters. The lowest BCUT2D eigenvalue weighted by molar-refractivity contribution is -0.0247. The van der Waals surface area contributed by atoms with Crippen LogP contribution in [0.1, 0.15) is 48.5 Å². The second-order valence-electron chi connectivity index (χ2n) is 5.45. The molecular formula is C20H40O7Si2. The first kappa shape index (κ1) is 28.4. The quantitative estimate of drug-likeness (QED) is 0.380. The predicted molar refractivity (Wildman–Crippen MR) is 119 cm³/mol. The average molecular weight is 449 g/mol. The minimum Gasteiger partial charge on any atom is -0.370 e. The van der Waals surface area contributed by atoms with E-state index in [1.54, 1.807) is 0 Å². The summed E-state index contributed by atoms with van der Waals surface area (Å²) in [6.07, 6.45) is 0. The van der Waals surface area contributed by atoms with Crippen molar-refractivity contribution < 1.29 is 31.0 Å². The summed E-state index contributed by atoms with van der Waals surface area (Å²) in [5.74, 6) is 0. The Labute approximate surface area is 179 Å². The highest BCUT2D eigenvalue weighted by molar-refractivity contribution is 6.75. The van der Waals surface area contributed by atoms with Crippen LogP contribution in [0.25, 0.3) is 0 Å². The van der Waals surface area contributed by atoms with Gasteiger partial charge in [-0.3, -0.25) is 0 Å². The molecule has 0 spiro atoms. The number of hydrogen-bond acceptors (Lipinski definition) is 7. The van der Waals surface area contributed by atoms with Gasteiger partial charge in [0.25, 0.3) is 0 Å². The number of rotatable bonds is 15. The van der Waals surface area contributed by atoms with Crippen LogP contribution in [0.15, 0.2) is 30.3 Å². The van der Waals surface area contributed by atoms with E-state index in [2.05, 4.69) is 0 Å². The zero-order chi connectivity index (χ0) is 22.0. The summed E-state index contributed by atoms with van der Waals surface area (Å²) in [6, 6.07) is 9.95. The summed E-state index contributed by atoms with van der Waals surface area (Å²) < 4.78 is 39.1. The molecule has 0 saturated carbocycles. The molecular weight excluding hydrogens is 408 g/mol. The fourth-order valence-electron chi connectivity index (χ4n) is 2.54. The van der Waals surface area contributed by atoms with Crippen LogP contribution in [-0.2, 0) is 31.0 Å². The molecule has 0 aliphatic carbocycles. The van der Waals surface area contributed by atoms with Crippen molar-refractivity contribution in [2.24, 2.45) is 0 Å². The first-order chi connectivity index (χ1) is 14.0. The van der Waals surface area contributed by atoms with Gasteiger partial charge < -0.3 is 31.0 Å². The van der Waals surface area contributed by atoms with E-state index in [0.29, 0.717) is 46.2 Å². The Balaban J connectivity index is 0.000000555. The fraction of sp³-hybridized carbons (Fsp3) is 0.700. The van der Waals surface area contributed by atoms with E-state index in [4.69, 9.17) is 31.0 Å². The summed E-state index contributed by atoms with van der Waals surface area (Å²) >= 11 is 0. The lowest BCUT2D eigenvalue weighted by Gasteiger charge is -2.28. The van der Waals surface area contributed by atoms with Gasteiger partial charge in [0, 0.05) is 51.4 Å². The lowest BCUT2D eigenvalue weighted by Crippen LogP contribution is -2.56. The van der Waals surface area contributed by atoms with Crippen molar-refractivity contribution in [3.8, 4) is 0 Å². The van der Waals surface area contributed by atoms with Crippen LogP contribution < -0.4 is 5.19 Å². The lowest BCUT2D eigenvalue weighted by atomic mass is 10.4. The standard InChI is InChI=1S/C12H20O3Si.C8H20O4Si/c1-4-13-16(14-5-2,15-6-3)12-10-8-7-9-11-12;1-5-9-13(10-6-2,11-7-3)12-8-4/h7-11H,4-6H2,1-3H3;5-8H2,1-4H3. The van der Waals surface area contributed by atoms with Gasteiger partial charge in [-0.2, -0.15) is 0 Å². The Kier molecular flexibility index (Phi) is 16.7. The van der Waals surface area contributed by atoms with Crippen molar-refractivity contribution in [2.75, 3.05) is 46.2 Å². The van der Waals surface area contributed by atoms with Crippen molar-refractivity contribution in [1.29, 1.82) is 0 Å². The topological polar surface area (TPSA) is 64.6 Å². The van der Waals surface area contributed by atoms with E-state index in [9.17, 15) is 0 Å². The van der Waals surface area contributed by atoms with E-state index < -0.39 is 17.9 Å². The monoisotopic (exact) mass is 448 g/mol. The smallest absolute Gasteiger partial charge is 0.370 e. The van der Waals surface area contributed by atoms with Gasteiger partial charge in [0.1, 0.15) is 0 Å². The number of hydrogen-bond donors (Lipinski definition) is 0. The van der Waals surface area contributed by atoms with Crippen LogP contribution in [0.4, 0.5) is 0 Å². The molecule has 0 aromatic heterocycles. The van der Waals surface area contributed by atoms with Crippen molar-refractivity contribution in [3.63, 3.8) is 0 Å². The normalized spacial score (nSPS) is 11.8. The summed E-state index contributed by atoms with van der Waals surface area (Å²) in [4.78, 5) is 0. The second kappa shape index (κ2) is 17.1. The molecule has 0 aliphatic rings. The summed E-state index contributed by atoms with van der Waals surface area (Å²) in [5.41, 5.74) is 0. The van der Waals surface area contributed by atoms with Gasteiger partial charge >= 0.3 is 17.9 Å². The van der Waals surface area contributed by atoms with Crippen LogP contribution in [-0.4, -0.2) is 64.1 Å². The van der Waals surface area contributed by atoms with Crippen LogP contribution in [0.2, 0.25) is 0 Å². The van der Waals surface area contributed by atoms with E-state index in [-0.39, 0.29) is 0 Å². The first-order valence-corrected chi connectivity index (χ1v) is 13.9. The third-order valence-electron chi connectivity index (χ3n) is 3.41. The molecule has 1 rings (SSSR count). The SMILES string of the molecule is CCO[Si](OCC)(OCC)OCC.CCO[Si](OCC)(OCC)c1ccccc1. The van der Waals surface area contributed by atoms with Gasteiger partial charge in [0.05, 0.1) is 0 Å². The molecule has 29 heavy (non-hydrogen) atoms. The van der Waals surface area contributed by atoms with Crippen molar-refractivity contribution in [3.05, 3.63) is 30.3 Å².